The number of halogens is 1. The lowest BCUT2D eigenvalue weighted by molar-refractivity contribution is -0.130. The number of piperidine rings is 1. The van der Waals surface area contributed by atoms with Crippen molar-refractivity contribution in [2.75, 3.05) is 13.1 Å². The average Bonchev–Trinajstić information content (AvgIpc) is 1.99. The second-order valence-electron chi connectivity index (χ2n) is 2.43. The fourth-order valence-electron chi connectivity index (χ4n) is 0.907. The molecule has 0 saturated carbocycles. The highest BCUT2D eigenvalue weighted by atomic mass is 79.9. The molecule has 0 aromatic rings. The molecule has 0 radical (unpaired) electrons. The van der Waals surface area contributed by atoms with Gasteiger partial charge in [-0.2, -0.15) is 0 Å². The summed E-state index contributed by atoms with van der Waals surface area (Å²) in [5.74, 6) is -0.817. The molecule has 1 aliphatic rings. The summed E-state index contributed by atoms with van der Waals surface area (Å²) in [4.78, 5) is 32.2. The molecule has 0 aliphatic carbocycles. The van der Waals surface area contributed by atoms with Crippen LogP contribution in [0.5, 0.6) is 0 Å². The number of hydrogen-bond donors (Lipinski definition) is 1. The van der Waals surface area contributed by atoms with Crippen LogP contribution in [0.15, 0.2) is 0 Å². The Bertz CT molecular complexity index is 234. The molecule has 1 rings (SSSR count). The molecule has 0 aromatic heterocycles. The summed E-state index contributed by atoms with van der Waals surface area (Å²) in [6.07, 6.45) is -1.24. The number of rotatable bonds is 0. The lowest BCUT2D eigenvalue weighted by Gasteiger charge is -2.24. The molecule has 0 atom stereocenters. The van der Waals surface area contributed by atoms with Gasteiger partial charge in [-0.3, -0.25) is 14.5 Å². The Labute approximate surface area is 76.5 Å². The Morgan fingerprint density at radius 2 is 1.83 bits per heavy atom. The molecule has 0 unspecified atom stereocenters. The Kier molecular flexibility index (Phi) is 2.46. The van der Waals surface area contributed by atoms with Crippen molar-refractivity contribution in [2.45, 2.75) is 4.83 Å². The predicted octanol–water partition coefficient (Wildman–Crippen LogP) is -0.118. The summed E-state index contributed by atoms with van der Waals surface area (Å²) in [7, 11) is 0. The number of hydrogen-bond acceptors (Lipinski definition) is 3. The van der Waals surface area contributed by atoms with E-state index in [9.17, 15) is 14.4 Å². The molecule has 1 amide bonds. The van der Waals surface area contributed by atoms with Gasteiger partial charge < -0.3 is 5.11 Å². The van der Waals surface area contributed by atoms with Crippen molar-refractivity contribution in [1.29, 1.82) is 0 Å². The summed E-state index contributed by atoms with van der Waals surface area (Å²) < 4.78 is 0. The monoisotopic (exact) mass is 235 g/mol. The number of carbonyl (C=O) groups excluding carboxylic acids is 2. The predicted molar refractivity (Wildman–Crippen MR) is 42.3 cm³/mol. The number of carboxylic acid groups (broad SMARTS) is 1. The van der Waals surface area contributed by atoms with Gasteiger partial charge in [0.1, 0.15) is 4.83 Å². The summed E-state index contributed by atoms with van der Waals surface area (Å²) in [5.41, 5.74) is 0. The Morgan fingerprint density at radius 1 is 1.42 bits per heavy atom. The Balaban J connectivity index is 2.72. The highest BCUT2D eigenvalue weighted by Gasteiger charge is 2.34. The highest BCUT2D eigenvalue weighted by molar-refractivity contribution is 9.10. The van der Waals surface area contributed by atoms with E-state index in [0.29, 0.717) is 0 Å². The van der Waals surface area contributed by atoms with Crippen LogP contribution in [0.3, 0.4) is 0 Å². The minimum absolute atomic E-state index is 0.211. The maximum Gasteiger partial charge on any atom is 0.408 e. The van der Waals surface area contributed by atoms with Crippen molar-refractivity contribution in [1.82, 2.24) is 4.90 Å². The van der Waals surface area contributed by atoms with Crippen molar-refractivity contribution in [3.05, 3.63) is 0 Å². The van der Waals surface area contributed by atoms with Crippen LogP contribution in [0.25, 0.3) is 0 Å². The Morgan fingerprint density at radius 3 is 2.17 bits per heavy atom. The molecule has 66 valence electrons. The van der Waals surface area contributed by atoms with E-state index < -0.39 is 22.5 Å². The van der Waals surface area contributed by atoms with Gasteiger partial charge in [0.05, 0.1) is 13.1 Å². The fraction of sp³-hybridized carbons (Fsp3) is 0.500. The summed E-state index contributed by atoms with van der Waals surface area (Å²) in [6.45, 7) is -0.423. The van der Waals surface area contributed by atoms with Crippen LogP contribution < -0.4 is 0 Å². The van der Waals surface area contributed by atoms with Gasteiger partial charge in [0, 0.05) is 0 Å². The third-order valence-electron chi connectivity index (χ3n) is 1.53. The van der Waals surface area contributed by atoms with Crippen LogP contribution >= 0.6 is 15.9 Å². The van der Waals surface area contributed by atoms with Crippen molar-refractivity contribution in [2.24, 2.45) is 0 Å². The molecule has 1 heterocycles. The molecular weight excluding hydrogens is 230 g/mol. The first-order valence-corrected chi connectivity index (χ1v) is 4.11. The van der Waals surface area contributed by atoms with Crippen molar-refractivity contribution in [3.8, 4) is 0 Å². The van der Waals surface area contributed by atoms with E-state index in [2.05, 4.69) is 15.9 Å². The number of Topliss-reactive ketones (excluding diaryl/α,β-unsaturated/α-hetero) is 2. The number of alkyl halides is 1. The van der Waals surface area contributed by atoms with E-state index in [1.54, 1.807) is 0 Å². The summed E-state index contributed by atoms with van der Waals surface area (Å²) >= 11 is 2.88. The quantitative estimate of drug-likeness (QED) is 0.470. The van der Waals surface area contributed by atoms with E-state index in [-0.39, 0.29) is 13.1 Å². The van der Waals surface area contributed by atoms with Crippen molar-refractivity contribution >= 4 is 33.6 Å². The van der Waals surface area contributed by atoms with Gasteiger partial charge in [0.25, 0.3) is 0 Å². The molecule has 1 saturated heterocycles. The first-order chi connectivity index (χ1) is 5.52. The lowest BCUT2D eigenvalue weighted by atomic mass is 10.1. The van der Waals surface area contributed by atoms with Gasteiger partial charge in [-0.05, 0) is 0 Å². The van der Waals surface area contributed by atoms with Crippen LogP contribution in [0, 0.1) is 0 Å². The zero-order valence-corrected chi connectivity index (χ0v) is 7.57. The zero-order chi connectivity index (χ0) is 9.30. The highest BCUT2D eigenvalue weighted by Crippen LogP contribution is 2.11. The smallest absolute Gasteiger partial charge is 0.408 e. The largest absolute Gasteiger partial charge is 0.465 e. The van der Waals surface area contributed by atoms with Gasteiger partial charge in [-0.1, -0.05) is 15.9 Å². The number of likely N-dealkylation sites (tertiary alicyclic amines) is 1. The van der Waals surface area contributed by atoms with Crippen LogP contribution in [0.1, 0.15) is 0 Å². The minimum atomic E-state index is -1.24. The molecule has 0 bridgehead atoms. The molecule has 5 nitrogen and oxygen atoms in total. The number of ketones is 2. The summed E-state index contributed by atoms with van der Waals surface area (Å²) in [6, 6.07) is 0. The average molecular weight is 236 g/mol. The van der Waals surface area contributed by atoms with Gasteiger partial charge in [-0.15, -0.1) is 0 Å². The second-order valence-corrected chi connectivity index (χ2v) is 3.35. The van der Waals surface area contributed by atoms with Crippen LogP contribution in [0.4, 0.5) is 4.79 Å². The molecule has 6 heteroatoms. The van der Waals surface area contributed by atoms with E-state index in [1.807, 2.05) is 0 Å². The Hall–Kier alpha value is -0.910. The maximum absolute atomic E-state index is 10.9. The van der Waals surface area contributed by atoms with Gasteiger partial charge in [-0.25, -0.2) is 4.79 Å². The van der Waals surface area contributed by atoms with Gasteiger partial charge in [0.15, 0.2) is 11.6 Å². The molecule has 0 aromatic carbocycles. The van der Waals surface area contributed by atoms with Crippen LogP contribution in [-0.4, -0.2) is 45.6 Å². The number of nitrogens with zero attached hydrogens (tertiary/aromatic N) is 1. The standard InChI is InChI=1S/C6H6BrNO4/c7-5-3(9)1-8(6(11)12)2-4(5)10/h5H,1-2H2,(H,11,12). The third kappa shape index (κ3) is 1.63. The number of carbonyl (C=O) groups is 3. The van der Waals surface area contributed by atoms with Crippen molar-refractivity contribution < 1.29 is 19.5 Å². The molecular formula is C6H6BrNO4. The van der Waals surface area contributed by atoms with E-state index >= 15 is 0 Å². The fourth-order valence-corrected chi connectivity index (χ4v) is 1.20. The molecule has 1 fully saturated rings. The first kappa shape index (κ1) is 9.18. The second kappa shape index (κ2) is 3.22. The normalized spacial score (nSPS) is 19.9. The van der Waals surface area contributed by atoms with E-state index in [1.165, 1.54) is 0 Å². The zero-order valence-electron chi connectivity index (χ0n) is 5.99. The third-order valence-corrected chi connectivity index (χ3v) is 2.55. The van der Waals surface area contributed by atoms with E-state index in [0.717, 1.165) is 4.90 Å². The van der Waals surface area contributed by atoms with Gasteiger partial charge >= 0.3 is 6.09 Å². The first-order valence-electron chi connectivity index (χ1n) is 3.19. The topological polar surface area (TPSA) is 74.7 Å². The number of amides is 1. The van der Waals surface area contributed by atoms with Gasteiger partial charge in [0.2, 0.25) is 0 Å². The van der Waals surface area contributed by atoms with Crippen LogP contribution in [0.2, 0.25) is 0 Å². The van der Waals surface area contributed by atoms with Crippen LogP contribution in [-0.2, 0) is 9.59 Å². The molecule has 1 N–H and O–H groups in total. The van der Waals surface area contributed by atoms with E-state index in [4.69, 9.17) is 5.11 Å². The molecule has 1 aliphatic heterocycles. The van der Waals surface area contributed by atoms with Crippen molar-refractivity contribution in [3.63, 3.8) is 0 Å². The summed E-state index contributed by atoms with van der Waals surface area (Å²) in [5, 5.41) is 8.47. The maximum atomic E-state index is 10.9. The molecule has 0 spiro atoms. The lowest BCUT2D eigenvalue weighted by Crippen LogP contribution is -2.49. The minimum Gasteiger partial charge on any atom is -0.465 e. The molecule has 12 heavy (non-hydrogen) atoms. The SMILES string of the molecule is O=C1CN(C(=O)O)CC(=O)C1Br.